The highest BCUT2D eigenvalue weighted by Crippen LogP contribution is 2.48. The molecule has 0 bridgehead atoms. The van der Waals surface area contributed by atoms with Crippen LogP contribution in [0.2, 0.25) is 0 Å². The molecular weight excluding hydrogens is 214 g/mol. The Morgan fingerprint density at radius 2 is 2.06 bits per heavy atom. The van der Waals surface area contributed by atoms with E-state index in [1.54, 1.807) is 0 Å². The van der Waals surface area contributed by atoms with Gasteiger partial charge in [-0.2, -0.15) is 0 Å². The van der Waals surface area contributed by atoms with Crippen LogP contribution in [0.5, 0.6) is 11.5 Å². The molecule has 0 saturated heterocycles. The standard InChI is InChI=1S/C14H19NO2/c1-2-15-9-11-7-12(11)10-3-4-13-14(8-10)17-6-5-16-13/h3-4,8,11-12,15H,2,5-7,9H2,1H3. The minimum Gasteiger partial charge on any atom is -0.486 e. The van der Waals surface area contributed by atoms with E-state index in [-0.39, 0.29) is 0 Å². The topological polar surface area (TPSA) is 30.5 Å². The Morgan fingerprint density at radius 3 is 2.88 bits per heavy atom. The van der Waals surface area contributed by atoms with E-state index in [0.717, 1.165) is 30.5 Å². The smallest absolute Gasteiger partial charge is 0.161 e. The molecule has 0 spiro atoms. The van der Waals surface area contributed by atoms with Crippen molar-refractivity contribution in [3.8, 4) is 11.5 Å². The van der Waals surface area contributed by atoms with Crippen molar-refractivity contribution in [1.82, 2.24) is 5.32 Å². The SMILES string of the molecule is CCNCC1CC1c1ccc2c(c1)OCCO2. The van der Waals surface area contributed by atoms with E-state index in [0.29, 0.717) is 19.1 Å². The molecule has 2 aliphatic rings. The van der Waals surface area contributed by atoms with Gasteiger partial charge in [-0.25, -0.2) is 0 Å². The van der Waals surface area contributed by atoms with Gasteiger partial charge >= 0.3 is 0 Å². The van der Waals surface area contributed by atoms with Gasteiger partial charge in [-0.15, -0.1) is 0 Å². The monoisotopic (exact) mass is 233 g/mol. The van der Waals surface area contributed by atoms with E-state index >= 15 is 0 Å². The van der Waals surface area contributed by atoms with Gasteiger partial charge in [0, 0.05) is 0 Å². The fraction of sp³-hybridized carbons (Fsp3) is 0.571. The van der Waals surface area contributed by atoms with Gasteiger partial charge in [-0.3, -0.25) is 0 Å². The number of hydrogen-bond acceptors (Lipinski definition) is 3. The highest BCUT2D eigenvalue weighted by Gasteiger charge is 2.38. The maximum absolute atomic E-state index is 5.62. The van der Waals surface area contributed by atoms with Crippen molar-refractivity contribution in [2.24, 2.45) is 5.92 Å². The quantitative estimate of drug-likeness (QED) is 0.864. The summed E-state index contributed by atoms with van der Waals surface area (Å²) in [5, 5.41) is 3.42. The fourth-order valence-corrected chi connectivity index (χ4v) is 2.50. The van der Waals surface area contributed by atoms with Crippen LogP contribution in [-0.2, 0) is 0 Å². The molecule has 3 heteroatoms. The fourth-order valence-electron chi connectivity index (χ4n) is 2.50. The van der Waals surface area contributed by atoms with Crippen molar-refractivity contribution in [3.63, 3.8) is 0 Å². The molecule has 2 unspecified atom stereocenters. The van der Waals surface area contributed by atoms with Crippen molar-refractivity contribution in [2.75, 3.05) is 26.3 Å². The van der Waals surface area contributed by atoms with Crippen molar-refractivity contribution < 1.29 is 9.47 Å². The van der Waals surface area contributed by atoms with Crippen LogP contribution in [-0.4, -0.2) is 26.3 Å². The number of ether oxygens (including phenoxy) is 2. The van der Waals surface area contributed by atoms with Gasteiger partial charge in [0.15, 0.2) is 11.5 Å². The van der Waals surface area contributed by atoms with Crippen LogP contribution in [0.1, 0.15) is 24.8 Å². The van der Waals surface area contributed by atoms with Gasteiger partial charge in [-0.05, 0) is 49.0 Å². The van der Waals surface area contributed by atoms with Crippen LogP contribution < -0.4 is 14.8 Å². The summed E-state index contributed by atoms with van der Waals surface area (Å²) >= 11 is 0. The molecule has 3 rings (SSSR count). The zero-order chi connectivity index (χ0) is 11.7. The maximum atomic E-state index is 5.62. The molecule has 1 saturated carbocycles. The van der Waals surface area contributed by atoms with Crippen LogP contribution in [0.25, 0.3) is 0 Å². The van der Waals surface area contributed by atoms with E-state index in [4.69, 9.17) is 9.47 Å². The van der Waals surface area contributed by atoms with Crippen LogP contribution in [0.4, 0.5) is 0 Å². The lowest BCUT2D eigenvalue weighted by Gasteiger charge is -2.18. The second-order valence-corrected chi connectivity index (χ2v) is 4.81. The number of rotatable bonds is 4. The molecule has 1 aromatic rings. The lowest BCUT2D eigenvalue weighted by Crippen LogP contribution is -2.16. The largest absolute Gasteiger partial charge is 0.486 e. The molecule has 1 heterocycles. The Morgan fingerprint density at radius 1 is 1.24 bits per heavy atom. The summed E-state index contributed by atoms with van der Waals surface area (Å²) in [6, 6.07) is 6.39. The molecule has 1 aromatic carbocycles. The lowest BCUT2D eigenvalue weighted by molar-refractivity contribution is 0.171. The third kappa shape index (κ3) is 2.25. The van der Waals surface area contributed by atoms with Crippen LogP contribution >= 0.6 is 0 Å². The Labute approximate surface area is 102 Å². The molecule has 17 heavy (non-hydrogen) atoms. The highest BCUT2D eigenvalue weighted by molar-refractivity contribution is 5.46. The lowest BCUT2D eigenvalue weighted by atomic mass is 10.1. The Bertz CT molecular complexity index is 405. The predicted octanol–water partition coefficient (Wildman–Crippen LogP) is 2.17. The number of fused-ring (bicyclic) bond motifs is 1. The molecule has 1 N–H and O–H groups in total. The molecule has 0 aromatic heterocycles. The minimum absolute atomic E-state index is 0.665. The minimum atomic E-state index is 0.665. The summed E-state index contributed by atoms with van der Waals surface area (Å²) in [6.45, 7) is 5.68. The maximum Gasteiger partial charge on any atom is 0.161 e. The van der Waals surface area contributed by atoms with Crippen molar-refractivity contribution in [2.45, 2.75) is 19.3 Å². The molecule has 3 nitrogen and oxygen atoms in total. The molecular formula is C14H19NO2. The average molecular weight is 233 g/mol. The van der Waals surface area contributed by atoms with Gasteiger partial charge < -0.3 is 14.8 Å². The Balaban J connectivity index is 1.68. The second kappa shape index (κ2) is 4.57. The molecule has 0 radical (unpaired) electrons. The summed E-state index contributed by atoms with van der Waals surface area (Å²) in [4.78, 5) is 0. The molecule has 1 fully saturated rings. The van der Waals surface area contributed by atoms with E-state index in [2.05, 4.69) is 24.4 Å². The van der Waals surface area contributed by atoms with Crippen molar-refractivity contribution in [1.29, 1.82) is 0 Å². The molecule has 0 amide bonds. The summed E-state index contributed by atoms with van der Waals surface area (Å²) in [6.07, 6.45) is 1.30. The van der Waals surface area contributed by atoms with Gasteiger partial charge in [0.1, 0.15) is 13.2 Å². The molecule has 92 valence electrons. The van der Waals surface area contributed by atoms with Crippen LogP contribution in [0, 0.1) is 5.92 Å². The second-order valence-electron chi connectivity index (χ2n) is 4.81. The first kappa shape index (κ1) is 10.9. The first-order valence-corrected chi connectivity index (χ1v) is 6.48. The van der Waals surface area contributed by atoms with Crippen molar-refractivity contribution in [3.05, 3.63) is 23.8 Å². The summed E-state index contributed by atoms with van der Waals surface area (Å²) in [5.74, 6) is 3.33. The zero-order valence-electron chi connectivity index (χ0n) is 10.2. The van der Waals surface area contributed by atoms with E-state index in [9.17, 15) is 0 Å². The van der Waals surface area contributed by atoms with Crippen LogP contribution in [0.3, 0.4) is 0 Å². The van der Waals surface area contributed by atoms with Gasteiger partial charge in [0.25, 0.3) is 0 Å². The Kier molecular flexibility index (Phi) is 2.93. The van der Waals surface area contributed by atoms with E-state index in [1.165, 1.54) is 12.0 Å². The van der Waals surface area contributed by atoms with Crippen molar-refractivity contribution >= 4 is 0 Å². The van der Waals surface area contributed by atoms with E-state index in [1.807, 2.05) is 6.07 Å². The van der Waals surface area contributed by atoms with E-state index < -0.39 is 0 Å². The number of hydrogen-bond donors (Lipinski definition) is 1. The summed E-state index contributed by atoms with van der Waals surface area (Å²) in [5.41, 5.74) is 1.40. The summed E-state index contributed by atoms with van der Waals surface area (Å²) in [7, 11) is 0. The molecule has 1 aliphatic carbocycles. The summed E-state index contributed by atoms with van der Waals surface area (Å²) < 4.78 is 11.2. The zero-order valence-corrected chi connectivity index (χ0v) is 10.2. The predicted molar refractivity (Wildman–Crippen MR) is 66.8 cm³/mol. The normalized spacial score (nSPS) is 25.7. The average Bonchev–Trinajstić information content (AvgIpc) is 3.15. The van der Waals surface area contributed by atoms with Gasteiger partial charge in [0.05, 0.1) is 0 Å². The Hall–Kier alpha value is -1.22. The molecule has 1 aliphatic heterocycles. The first-order valence-electron chi connectivity index (χ1n) is 6.48. The van der Waals surface area contributed by atoms with Gasteiger partial charge in [-0.1, -0.05) is 13.0 Å². The number of nitrogens with one attached hydrogen (secondary N) is 1. The number of benzene rings is 1. The highest BCUT2D eigenvalue weighted by atomic mass is 16.6. The molecule has 2 atom stereocenters. The third-order valence-corrected chi connectivity index (χ3v) is 3.57. The third-order valence-electron chi connectivity index (χ3n) is 3.57. The van der Waals surface area contributed by atoms with Gasteiger partial charge in [0.2, 0.25) is 0 Å². The van der Waals surface area contributed by atoms with Crippen LogP contribution in [0.15, 0.2) is 18.2 Å². The first-order chi connectivity index (χ1) is 8.38.